The Hall–Kier alpha value is -4.24. The van der Waals surface area contributed by atoms with Gasteiger partial charge in [0.15, 0.2) is 0 Å². The van der Waals surface area contributed by atoms with Crippen LogP contribution < -0.4 is 14.4 Å². The van der Waals surface area contributed by atoms with Gasteiger partial charge < -0.3 is 14.4 Å². The molecule has 0 bridgehead atoms. The predicted molar refractivity (Wildman–Crippen MR) is 129 cm³/mol. The zero-order chi connectivity index (χ0) is 23.2. The van der Waals surface area contributed by atoms with Crippen molar-refractivity contribution in [1.29, 1.82) is 0 Å². The lowest BCUT2D eigenvalue weighted by Crippen LogP contribution is -2.08. The van der Waals surface area contributed by atoms with Crippen LogP contribution in [0.15, 0.2) is 95.2 Å². The monoisotopic (exact) mass is 460 g/mol. The van der Waals surface area contributed by atoms with E-state index in [1.807, 2.05) is 60.7 Å². The fraction of sp³-hybridized carbons (Fsp3) is 0.0833. The Morgan fingerprint density at radius 3 is 1.79 bits per heavy atom. The number of hydrogen-bond donors (Lipinski definition) is 0. The van der Waals surface area contributed by atoms with Gasteiger partial charge in [-0.05, 0) is 72.8 Å². The third-order valence-corrected chi connectivity index (χ3v) is 5.74. The molecule has 0 atom stereocenters. The normalized spacial score (nSPS) is 10.8. The van der Waals surface area contributed by atoms with Crippen molar-refractivity contribution in [3.05, 3.63) is 95.0 Å². The summed E-state index contributed by atoms with van der Waals surface area (Å²) in [5.74, 6) is 1.55. The highest BCUT2D eigenvalue weighted by Crippen LogP contribution is 2.42. The number of nitro benzene ring substituents is 1. The summed E-state index contributed by atoms with van der Waals surface area (Å²) in [5.41, 5.74) is 2.48. The van der Waals surface area contributed by atoms with Gasteiger partial charge in [0.2, 0.25) is 0 Å². The van der Waals surface area contributed by atoms with E-state index in [0.29, 0.717) is 10.7 Å². The van der Waals surface area contributed by atoms with E-state index in [1.165, 1.54) is 23.5 Å². The maximum Gasteiger partial charge on any atom is 0.269 e. The smallest absolute Gasteiger partial charge is 0.269 e. The molecule has 3 aromatic carbocycles. The number of non-ortho nitro benzene ring substituents is 1. The number of methoxy groups -OCH3 is 2. The van der Waals surface area contributed by atoms with Gasteiger partial charge in [-0.25, -0.2) is 0 Å². The highest BCUT2D eigenvalue weighted by atomic mass is 32.1. The largest absolute Gasteiger partial charge is 0.497 e. The molecule has 0 aliphatic heterocycles. The molecule has 4 rings (SSSR count). The Morgan fingerprint density at radius 2 is 1.30 bits per heavy atom. The summed E-state index contributed by atoms with van der Waals surface area (Å²) in [5, 5.41) is 21.0. The van der Waals surface area contributed by atoms with E-state index in [2.05, 4.69) is 15.1 Å². The van der Waals surface area contributed by atoms with E-state index in [4.69, 9.17) is 9.47 Å². The summed E-state index contributed by atoms with van der Waals surface area (Å²) in [7, 11) is 3.27. The lowest BCUT2D eigenvalue weighted by molar-refractivity contribution is -0.384. The van der Waals surface area contributed by atoms with Gasteiger partial charge >= 0.3 is 0 Å². The van der Waals surface area contributed by atoms with Crippen molar-refractivity contribution < 1.29 is 14.4 Å². The number of azo groups is 1. The first-order valence-corrected chi connectivity index (χ1v) is 10.7. The average Bonchev–Trinajstić information content (AvgIpc) is 3.32. The minimum absolute atomic E-state index is 0.0157. The zero-order valence-corrected chi connectivity index (χ0v) is 18.7. The van der Waals surface area contributed by atoms with Gasteiger partial charge in [0.05, 0.1) is 24.8 Å². The second kappa shape index (κ2) is 9.92. The molecule has 0 saturated heterocycles. The second-order valence-electron chi connectivity index (χ2n) is 6.82. The molecule has 0 N–H and O–H groups in total. The quantitative estimate of drug-likeness (QED) is 0.154. The highest BCUT2D eigenvalue weighted by Gasteiger charge is 2.15. The lowest BCUT2D eigenvalue weighted by Gasteiger charge is -2.23. The minimum atomic E-state index is -0.445. The molecule has 9 heteroatoms. The standard InChI is InChI=1S/C24H20N4O4S/c1-31-21-11-7-18(8-12-21)27(19-9-13-22(32-2)14-10-19)24-16-15-23(33-24)26-25-17-3-5-20(6-4-17)28(29)30/h3-16H,1-2H3. The number of hydrogen-bond acceptors (Lipinski definition) is 8. The van der Waals surface area contributed by atoms with Crippen LogP contribution in [0.3, 0.4) is 0 Å². The van der Waals surface area contributed by atoms with E-state index < -0.39 is 4.92 Å². The van der Waals surface area contributed by atoms with Crippen molar-refractivity contribution in [2.45, 2.75) is 0 Å². The fourth-order valence-corrected chi connectivity index (χ4v) is 3.98. The van der Waals surface area contributed by atoms with Crippen LogP contribution in [0.2, 0.25) is 0 Å². The Bertz CT molecular complexity index is 1210. The number of thiophene rings is 1. The summed E-state index contributed by atoms with van der Waals surface area (Å²) in [4.78, 5) is 12.5. The van der Waals surface area contributed by atoms with E-state index in [9.17, 15) is 10.1 Å². The average molecular weight is 461 g/mol. The number of ether oxygens (including phenoxy) is 2. The van der Waals surface area contributed by atoms with Crippen LogP contribution in [0.5, 0.6) is 11.5 Å². The molecule has 0 aliphatic carbocycles. The fourth-order valence-electron chi connectivity index (χ4n) is 3.11. The molecule has 0 radical (unpaired) electrons. The van der Waals surface area contributed by atoms with E-state index >= 15 is 0 Å². The van der Waals surface area contributed by atoms with Crippen LogP contribution in [-0.2, 0) is 0 Å². The summed E-state index contributed by atoms with van der Waals surface area (Å²) in [6.45, 7) is 0. The van der Waals surface area contributed by atoms with Gasteiger partial charge in [0, 0.05) is 23.5 Å². The van der Waals surface area contributed by atoms with Crippen molar-refractivity contribution in [2.75, 3.05) is 19.1 Å². The molecule has 0 aliphatic rings. The molecule has 0 spiro atoms. The van der Waals surface area contributed by atoms with Gasteiger partial charge in [0.1, 0.15) is 21.5 Å². The van der Waals surface area contributed by atoms with Crippen molar-refractivity contribution >= 4 is 44.1 Å². The Balaban J connectivity index is 1.63. The SMILES string of the molecule is COc1ccc(N(c2ccc(OC)cc2)c2ccc(N=Nc3ccc([N+](=O)[O-])cc3)s2)cc1. The molecule has 33 heavy (non-hydrogen) atoms. The van der Waals surface area contributed by atoms with E-state index in [0.717, 1.165) is 27.9 Å². The van der Waals surface area contributed by atoms with E-state index in [-0.39, 0.29) is 5.69 Å². The maximum absolute atomic E-state index is 10.8. The third-order valence-electron chi connectivity index (χ3n) is 4.78. The van der Waals surface area contributed by atoms with Crippen molar-refractivity contribution in [3.8, 4) is 11.5 Å². The first-order chi connectivity index (χ1) is 16.1. The third kappa shape index (κ3) is 5.16. The molecular weight excluding hydrogens is 440 g/mol. The number of nitrogens with zero attached hydrogens (tertiary/aromatic N) is 4. The first-order valence-electron chi connectivity index (χ1n) is 9.91. The topological polar surface area (TPSA) is 89.6 Å². The first kappa shape index (κ1) is 22.0. The van der Waals surface area contributed by atoms with Crippen LogP contribution in [0.25, 0.3) is 0 Å². The minimum Gasteiger partial charge on any atom is -0.497 e. The Labute approximate surface area is 194 Å². The predicted octanol–water partition coefficient (Wildman–Crippen LogP) is 7.56. The van der Waals surface area contributed by atoms with Crippen LogP contribution in [0, 0.1) is 10.1 Å². The summed E-state index contributed by atoms with van der Waals surface area (Å²) in [6, 6.07) is 25.4. The van der Waals surface area contributed by atoms with Crippen LogP contribution >= 0.6 is 11.3 Å². The highest BCUT2D eigenvalue weighted by molar-refractivity contribution is 7.19. The van der Waals surface area contributed by atoms with Gasteiger partial charge in [-0.15, -0.1) is 10.2 Å². The maximum atomic E-state index is 10.8. The van der Waals surface area contributed by atoms with Crippen molar-refractivity contribution in [1.82, 2.24) is 0 Å². The van der Waals surface area contributed by atoms with Crippen LogP contribution in [0.1, 0.15) is 0 Å². The van der Waals surface area contributed by atoms with Crippen LogP contribution in [0.4, 0.5) is 32.8 Å². The van der Waals surface area contributed by atoms with Gasteiger partial charge in [0.25, 0.3) is 5.69 Å². The van der Waals surface area contributed by atoms with Crippen LogP contribution in [-0.4, -0.2) is 19.1 Å². The summed E-state index contributed by atoms with van der Waals surface area (Å²) in [6.07, 6.45) is 0. The molecule has 1 heterocycles. The van der Waals surface area contributed by atoms with Gasteiger partial charge in [-0.2, -0.15) is 0 Å². The van der Waals surface area contributed by atoms with E-state index in [1.54, 1.807) is 26.4 Å². The molecule has 0 fully saturated rings. The van der Waals surface area contributed by atoms with Gasteiger partial charge in [-0.1, -0.05) is 11.3 Å². The Morgan fingerprint density at radius 1 is 0.758 bits per heavy atom. The number of anilines is 3. The molecule has 1 aromatic heterocycles. The molecule has 8 nitrogen and oxygen atoms in total. The zero-order valence-electron chi connectivity index (χ0n) is 17.9. The number of rotatable bonds is 8. The Kier molecular flexibility index (Phi) is 6.61. The molecule has 0 saturated carbocycles. The molecule has 4 aromatic rings. The summed E-state index contributed by atoms with van der Waals surface area (Å²) >= 11 is 1.47. The molecule has 0 unspecified atom stereocenters. The van der Waals surface area contributed by atoms with Crippen molar-refractivity contribution in [3.63, 3.8) is 0 Å². The molecular formula is C24H20N4O4S. The summed E-state index contributed by atoms with van der Waals surface area (Å²) < 4.78 is 10.6. The second-order valence-corrected chi connectivity index (χ2v) is 7.86. The molecule has 0 amide bonds. The lowest BCUT2D eigenvalue weighted by atomic mass is 10.2. The molecule has 166 valence electrons. The van der Waals surface area contributed by atoms with Gasteiger partial charge in [-0.3, -0.25) is 10.1 Å². The number of benzene rings is 3. The number of nitro groups is 1. The van der Waals surface area contributed by atoms with Crippen molar-refractivity contribution in [2.24, 2.45) is 10.2 Å².